The number of nitrogens with zero attached hydrogens (tertiary/aromatic N) is 1. The third-order valence-electron chi connectivity index (χ3n) is 2.47. The SMILES string of the molecule is CCOc1cccc(Nc2nc(NN)c(Cl)cc2Cl)c1. The van der Waals surface area contributed by atoms with E-state index in [2.05, 4.69) is 15.7 Å². The summed E-state index contributed by atoms with van der Waals surface area (Å²) < 4.78 is 5.43. The van der Waals surface area contributed by atoms with Crippen LogP contribution in [0, 0.1) is 0 Å². The van der Waals surface area contributed by atoms with E-state index in [9.17, 15) is 0 Å². The molecule has 0 unspecified atom stereocenters. The molecule has 106 valence electrons. The summed E-state index contributed by atoms with van der Waals surface area (Å²) in [5.74, 6) is 6.91. The van der Waals surface area contributed by atoms with Crippen LogP contribution in [0.5, 0.6) is 5.75 Å². The molecule has 1 heterocycles. The van der Waals surface area contributed by atoms with E-state index in [-0.39, 0.29) is 0 Å². The molecule has 7 heteroatoms. The predicted octanol–water partition coefficient (Wildman–Crippen LogP) is 3.82. The maximum Gasteiger partial charge on any atom is 0.161 e. The van der Waals surface area contributed by atoms with Gasteiger partial charge in [0.05, 0.1) is 16.7 Å². The van der Waals surface area contributed by atoms with Gasteiger partial charge in [0.25, 0.3) is 0 Å². The van der Waals surface area contributed by atoms with Crippen LogP contribution in [-0.4, -0.2) is 11.6 Å². The van der Waals surface area contributed by atoms with Crippen molar-refractivity contribution in [2.24, 2.45) is 5.84 Å². The predicted molar refractivity (Wildman–Crippen MR) is 83.0 cm³/mol. The van der Waals surface area contributed by atoms with E-state index >= 15 is 0 Å². The lowest BCUT2D eigenvalue weighted by molar-refractivity contribution is 0.340. The van der Waals surface area contributed by atoms with E-state index in [4.69, 9.17) is 33.8 Å². The monoisotopic (exact) mass is 312 g/mol. The van der Waals surface area contributed by atoms with Crippen molar-refractivity contribution in [1.82, 2.24) is 4.98 Å². The van der Waals surface area contributed by atoms with Gasteiger partial charge in [-0.1, -0.05) is 29.3 Å². The van der Waals surface area contributed by atoms with Crippen molar-refractivity contribution in [3.63, 3.8) is 0 Å². The minimum atomic E-state index is 0.347. The summed E-state index contributed by atoms with van der Waals surface area (Å²) in [6.45, 7) is 2.53. The van der Waals surface area contributed by atoms with Crippen molar-refractivity contribution in [3.05, 3.63) is 40.4 Å². The van der Waals surface area contributed by atoms with E-state index in [0.29, 0.717) is 28.3 Å². The van der Waals surface area contributed by atoms with Gasteiger partial charge < -0.3 is 15.5 Å². The largest absolute Gasteiger partial charge is 0.494 e. The van der Waals surface area contributed by atoms with Gasteiger partial charge in [0.1, 0.15) is 5.75 Å². The number of ether oxygens (including phenoxy) is 1. The van der Waals surface area contributed by atoms with Crippen LogP contribution in [0.25, 0.3) is 0 Å². The highest BCUT2D eigenvalue weighted by atomic mass is 35.5. The van der Waals surface area contributed by atoms with Gasteiger partial charge in [0, 0.05) is 11.8 Å². The molecule has 0 fully saturated rings. The van der Waals surface area contributed by atoms with E-state index in [0.717, 1.165) is 11.4 Å². The maximum absolute atomic E-state index is 6.10. The van der Waals surface area contributed by atoms with Gasteiger partial charge in [-0.15, -0.1) is 0 Å². The summed E-state index contributed by atoms with van der Waals surface area (Å²) in [6, 6.07) is 9.05. The Balaban J connectivity index is 2.27. The highest BCUT2D eigenvalue weighted by molar-refractivity contribution is 6.37. The molecule has 0 atom stereocenters. The lowest BCUT2D eigenvalue weighted by Crippen LogP contribution is -2.10. The van der Waals surface area contributed by atoms with E-state index in [1.807, 2.05) is 31.2 Å². The van der Waals surface area contributed by atoms with E-state index in [1.165, 1.54) is 0 Å². The average molecular weight is 313 g/mol. The van der Waals surface area contributed by atoms with Gasteiger partial charge >= 0.3 is 0 Å². The Kier molecular flexibility index (Phi) is 4.89. The second kappa shape index (κ2) is 6.65. The van der Waals surface area contributed by atoms with Crippen molar-refractivity contribution >= 4 is 40.5 Å². The van der Waals surface area contributed by atoms with E-state index < -0.39 is 0 Å². The molecule has 0 saturated heterocycles. The second-order valence-corrected chi connectivity index (χ2v) is 4.69. The normalized spacial score (nSPS) is 10.2. The number of nitrogens with two attached hydrogens (primary N) is 1. The summed E-state index contributed by atoms with van der Waals surface area (Å²) in [7, 11) is 0. The number of halogens is 2. The van der Waals surface area contributed by atoms with Crippen LogP contribution in [0.3, 0.4) is 0 Å². The Morgan fingerprint density at radius 1 is 1.20 bits per heavy atom. The Morgan fingerprint density at radius 3 is 2.65 bits per heavy atom. The summed E-state index contributed by atoms with van der Waals surface area (Å²) in [4.78, 5) is 4.21. The van der Waals surface area contributed by atoms with Crippen molar-refractivity contribution < 1.29 is 4.74 Å². The number of hydrogen-bond donors (Lipinski definition) is 3. The lowest BCUT2D eigenvalue weighted by Gasteiger charge is -2.11. The van der Waals surface area contributed by atoms with Crippen LogP contribution in [0.15, 0.2) is 30.3 Å². The molecule has 20 heavy (non-hydrogen) atoms. The minimum Gasteiger partial charge on any atom is -0.494 e. The number of aromatic nitrogens is 1. The first kappa shape index (κ1) is 14.7. The van der Waals surface area contributed by atoms with Crippen LogP contribution < -0.4 is 21.3 Å². The highest BCUT2D eigenvalue weighted by Gasteiger charge is 2.09. The first-order valence-electron chi connectivity index (χ1n) is 5.96. The number of benzene rings is 1. The molecule has 1 aromatic carbocycles. The molecule has 2 rings (SSSR count). The molecular formula is C13H14Cl2N4O. The molecule has 0 amide bonds. The summed E-state index contributed by atoms with van der Waals surface area (Å²) in [6.07, 6.45) is 0. The van der Waals surface area contributed by atoms with Crippen molar-refractivity contribution in [3.8, 4) is 5.75 Å². The molecule has 1 aromatic heterocycles. The average Bonchev–Trinajstić information content (AvgIpc) is 2.43. The van der Waals surface area contributed by atoms with Gasteiger partial charge in [-0.2, -0.15) is 0 Å². The Hall–Kier alpha value is -1.69. The molecule has 0 aliphatic rings. The fraction of sp³-hybridized carbons (Fsp3) is 0.154. The van der Waals surface area contributed by atoms with Crippen LogP contribution in [0.2, 0.25) is 10.0 Å². The summed E-state index contributed by atoms with van der Waals surface area (Å²) in [5.41, 5.74) is 3.22. The molecular weight excluding hydrogens is 299 g/mol. The summed E-state index contributed by atoms with van der Waals surface area (Å²) >= 11 is 12.0. The minimum absolute atomic E-state index is 0.347. The van der Waals surface area contributed by atoms with Crippen LogP contribution in [0.4, 0.5) is 17.3 Å². The third-order valence-corrected chi connectivity index (χ3v) is 3.05. The van der Waals surface area contributed by atoms with E-state index in [1.54, 1.807) is 6.07 Å². The Labute approximate surface area is 127 Å². The number of nitrogens with one attached hydrogen (secondary N) is 2. The van der Waals surface area contributed by atoms with Crippen molar-refractivity contribution in [2.75, 3.05) is 17.3 Å². The lowest BCUT2D eigenvalue weighted by atomic mass is 10.3. The first-order chi connectivity index (χ1) is 9.63. The number of pyridine rings is 1. The number of hydrazine groups is 1. The molecule has 0 bridgehead atoms. The van der Waals surface area contributed by atoms with Crippen LogP contribution >= 0.6 is 23.2 Å². The zero-order valence-corrected chi connectivity index (χ0v) is 12.3. The highest BCUT2D eigenvalue weighted by Crippen LogP contribution is 2.31. The Bertz CT molecular complexity index is 607. The fourth-order valence-corrected chi connectivity index (χ4v) is 2.08. The summed E-state index contributed by atoms with van der Waals surface area (Å²) in [5, 5.41) is 3.85. The van der Waals surface area contributed by atoms with Crippen LogP contribution in [-0.2, 0) is 0 Å². The number of rotatable bonds is 5. The molecule has 4 N–H and O–H groups in total. The molecule has 2 aromatic rings. The third kappa shape index (κ3) is 3.45. The van der Waals surface area contributed by atoms with Gasteiger partial charge in [-0.3, -0.25) is 0 Å². The number of hydrogen-bond acceptors (Lipinski definition) is 5. The maximum atomic E-state index is 6.10. The van der Waals surface area contributed by atoms with Crippen molar-refractivity contribution in [2.45, 2.75) is 6.92 Å². The van der Waals surface area contributed by atoms with Gasteiger partial charge in [-0.25, -0.2) is 10.8 Å². The first-order valence-corrected chi connectivity index (χ1v) is 6.72. The van der Waals surface area contributed by atoms with Crippen LogP contribution in [0.1, 0.15) is 6.92 Å². The molecule has 0 saturated carbocycles. The Morgan fingerprint density at radius 2 is 1.95 bits per heavy atom. The number of nitrogen functional groups attached to an aromatic ring is 1. The number of anilines is 3. The van der Waals surface area contributed by atoms with Gasteiger partial charge in [-0.05, 0) is 25.1 Å². The quantitative estimate of drug-likeness (QED) is 0.578. The second-order valence-electron chi connectivity index (χ2n) is 3.88. The molecule has 0 aliphatic heterocycles. The molecule has 5 nitrogen and oxygen atoms in total. The van der Waals surface area contributed by atoms with Gasteiger partial charge in [0.15, 0.2) is 11.6 Å². The topological polar surface area (TPSA) is 72.2 Å². The molecule has 0 aliphatic carbocycles. The smallest absolute Gasteiger partial charge is 0.161 e. The zero-order valence-electron chi connectivity index (χ0n) is 10.8. The van der Waals surface area contributed by atoms with Crippen molar-refractivity contribution in [1.29, 1.82) is 0 Å². The zero-order chi connectivity index (χ0) is 14.5. The molecule has 0 spiro atoms. The fourth-order valence-electron chi connectivity index (χ4n) is 1.62. The standard InChI is InChI=1S/C13H14Cl2N4O/c1-2-20-9-5-3-4-8(6-9)17-12-10(14)7-11(15)13(18-12)19-16/h3-7H,2,16H2,1H3,(H2,17,18,19). The van der Waals surface area contributed by atoms with Gasteiger partial charge in [0.2, 0.25) is 0 Å². The molecule has 0 radical (unpaired) electrons.